The Morgan fingerprint density at radius 1 is 1.47 bits per heavy atom. The van der Waals surface area contributed by atoms with Crippen molar-refractivity contribution in [2.75, 3.05) is 7.05 Å². The topological polar surface area (TPSA) is 20.3 Å². The molecule has 19 heavy (non-hydrogen) atoms. The maximum atomic E-state index is 12.2. The zero-order chi connectivity index (χ0) is 14.6. The molecule has 0 bridgehead atoms. The number of nitrogens with zero attached hydrogens (tertiary/aromatic N) is 1. The largest absolute Gasteiger partial charge is 0.341 e. The van der Waals surface area contributed by atoms with Gasteiger partial charge in [0.25, 0.3) is 0 Å². The maximum Gasteiger partial charge on any atom is 0.222 e. The zero-order valence-corrected chi connectivity index (χ0v) is 14.9. The number of carbonyl (C=O) groups excluding carboxylic acids is 1. The van der Waals surface area contributed by atoms with Gasteiger partial charge in [-0.2, -0.15) is 0 Å². The summed E-state index contributed by atoms with van der Waals surface area (Å²) in [4.78, 5) is 15.2. The molecule has 0 saturated carbocycles. The van der Waals surface area contributed by atoms with Crippen LogP contribution in [0.3, 0.4) is 0 Å². The Morgan fingerprint density at radius 2 is 2.11 bits per heavy atom. The van der Waals surface area contributed by atoms with Crippen molar-refractivity contribution in [1.29, 1.82) is 0 Å². The predicted molar refractivity (Wildman–Crippen MR) is 86.3 cm³/mol. The fourth-order valence-corrected chi connectivity index (χ4v) is 3.83. The summed E-state index contributed by atoms with van der Waals surface area (Å²) in [6.07, 6.45) is 1.72. The van der Waals surface area contributed by atoms with Crippen molar-refractivity contribution < 1.29 is 4.79 Å². The Bertz CT molecular complexity index is 422. The Balaban J connectivity index is 2.44. The first-order valence-corrected chi connectivity index (χ1v) is 8.31. The summed E-state index contributed by atoms with van der Waals surface area (Å²) < 4.78 is 1.09. The highest BCUT2D eigenvalue weighted by Crippen LogP contribution is 2.26. The van der Waals surface area contributed by atoms with Crippen molar-refractivity contribution >= 4 is 33.2 Å². The van der Waals surface area contributed by atoms with E-state index in [-0.39, 0.29) is 11.3 Å². The van der Waals surface area contributed by atoms with Crippen LogP contribution in [0.25, 0.3) is 0 Å². The van der Waals surface area contributed by atoms with Crippen LogP contribution in [0.15, 0.2) is 15.9 Å². The molecule has 1 amide bonds. The smallest absolute Gasteiger partial charge is 0.222 e. The van der Waals surface area contributed by atoms with Crippen LogP contribution in [-0.4, -0.2) is 17.9 Å². The van der Waals surface area contributed by atoms with Gasteiger partial charge in [0.05, 0.1) is 6.54 Å². The molecule has 0 aliphatic carbocycles. The van der Waals surface area contributed by atoms with E-state index in [1.807, 2.05) is 11.9 Å². The summed E-state index contributed by atoms with van der Waals surface area (Å²) in [5, 5.41) is 2.05. The summed E-state index contributed by atoms with van der Waals surface area (Å²) >= 11 is 5.12. The Kier molecular flexibility index (Phi) is 6.06. The quantitative estimate of drug-likeness (QED) is 0.740. The molecule has 0 aromatic carbocycles. The molecule has 1 rings (SSSR count). The Hall–Kier alpha value is -0.350. The molecule has 0 fully saturated rings. The van der Waals surface area contributed by atoms with E-state index in [9.17, 15) is 4.79 Å². The number of rotatable bonds is 5. The lowest BCUT2D eigenvalue weighted by Gasteiger charge is -2.24. The highest BCUT2D eigenvalue weighted by molar-refractivity contribution is 9.10. The minimum atomic E-state index is 0.237. The minimum Gasteiger partial charge on any atom is -0.341 e. The van der Waals surface area contributed by atoms with Crippen molar-refractivity contribution in [2.45, 2.75) is 47.1 Å². The van der Waals surface area contributed by atoms with Gasteiger partial charge in [-0.15, -0.1) is 11.3 Å². The summed E-state index contributed by atoms with van der Waals surface area (Å²) in [6.45, 7) is 9.54. The first kappa shape index (κ1) is 16.7. The monoisotopic (exact) mass is 345 g/mol. The van der Waals surface area contributed by atoms with Crippen molar-refractivity contribution in [3.63, 3.8) is 0 Å². The van der Waals surface area contributed by atoms with Crippen molar-refractivity contribution in [1.82, 2.24) is 4.90 Å². The van der Waals surface area contributed by atoms with Crippen LogP contribution in [0.2, 0.25) is 0 Å². The lowest BCUT2D eigenvalue weighted by molar-refractivity contribution is -0.131. The fraction of sp³-hybridized carbons (Fsp3) is 0.667. The van der Waals surface area contributed by atoms with Crippen LogP contribution in [0.4, 0.5) is 0 Å². The summed E-state index contributed by atoms with van der Waals surface area (Å²) in [7, 11) is 1.89. The van der Waals surface area contributed by atoms with Crippen LogP contribution in [0.1, 0.15) is 45.4 Å². The van der Waals surface area contributed by atoms with Crippen LogP contribution in [0, 0.1) is 11.3 Å². The van der Waals surface area contributed by atoms with Gasteiger partial charge in [0.15, 0.2) is 0 Å². The third kappa shape index (κ3) is 6.57. The molecule has 1 atom stereocenters. The van der Waals surface area contributed by atoms with Crippen LogP contribution >= 0.6 is 27.3 Å². The second-order valence-corrected chi connectivity index (χ2v) is 8.47. The lowest BCUT2D eigenvalue weighted by Crippen LogP contribution is -2.28. The third-order valence-electron chi connectivity index (χ3n) is 2.92. The molecule has 1 aromatic heterocycles. The van der Waals surface area contributed by atoms with E-state index in [1.54, 1.807) is 11.3 Å². The van der Waals surface area contributed by atoms with Gasteiger partial charge < -0.3 is 4.90 Å². The fourth-order valence-electron chi connectivity index (χ4n) is 2.33. The van der Waals surface area contributed by atoms with Crippen LogP contribution in [-0.2, 0) is 11.3 Å². The molecule has 1 unspecified atom stereocenters. The van der Waals surface area contributed by atoms with Gasteiger partial charge in [0, 0.05) is 28.2 Å². The number of hydrogen-bond acceptors (Lipinski definition) is 2. The molecule has 0 aliphatic rings. The molecule has 1 aromatic rings. The summed E-state index contributed by atoms with van der Waals surface area (Å²) in [5.74, 6) is 0.672. The van der Waals surface area contributed by atoms with E-state index in [2.05, 4.69) is 55.1 Å². The maximum absolute atomic E-state index is 12.2. The molecule has 0 aliphatic heterocycles. The summed E-state index contributed by atoms with van der Waals surface area (Å²) in [5.41, 5.74) is 0.289. The van der Waals surface area contributed by atoms with E-state index >= 15 is 0 Å². The molecule has 0 N–H and O–H groups in total. The standard InChI is InChI=1S/C15H24BrNOS/c1-11(8-15(2,3)4)6-14(18)17(5)9-13-7-12(16)10-19-13/h7,10-11H,6,8-9H2,1-5H3. The number of halogens is 1. The van der Waals surface area contributed by atoms with E-state index in [4.69, 9.17) is 0 Å². The predicted octanol–water partition coefficient (Wildman–Crippen LogP) is 4.93. The molecule has 1 heterocycles. The summed E-state index contributed by atoms with van der Waals surface area (Å²) in [6, 6.07) is 2.08. The third-order valence-corrected chi connectivity index (χ3v) is 4.61. The number of hydrogen-bond donors (Lipinski definition) is 0. The van der Waals surface area contributed by atoms with E-state index in [0.717, 1.165) is 10.9 Å². The van der Waals surface area contributed by atoms with E-state index in [0.29, 0.717) is 18.9 Å². The van der Waals surface area contributed by atoms with Gasteiger partial charge >= 0.3 is 0 Å². The van der Waals surface area contributed by atoms with Crippen molar-refractivity contribution in [2.24, 2.45) is 11.3 Å². The molecular weight excluding hydrogens is 322 g/mol. The number of carbonyl (C=O) groups is 1. The Labute approximate surface area is 129 Å². The molecule has 4 heteroatoms. The van der Waals surface area contributed by atoms with Gasteiger partial charge in [-0.3, -0.25) is 4.79 Å². The normalized spacial score (nSPS) is 13.4. The Morgan fingerprint density at radius 3 is 2.58 bits per heavy atom. The van der Waals surface area contributed by atoms with Gasteiger partial charge in [-0.1, -0.05) is 27.7 Å². The number of thiophene rings is 1. The second-order valence-electron chi connectivity index (χ2n) is 6.56. The van der Waals surface area contributed by atoms with Gasteiger partial charge in [-0.05, 0) is 39.8 Å². The molecule has 108 valence electrons. The molecule has 0 radical (unpaired) electrons. The zero-order valence-electron chi connectivity index (χ0n) is 12.5. The lowest BCUT2D eigenvalue weighted by atomic mass is 9.84. The first-order chi connectivity index (χ1) is 8.67. The van der Waals surface area contributed by atoms with E-state index < -0.39 is 0 Å². The van der Waals surface area contributed by atoms with Gasteiger partial charge in [-0.25, -0.2) is 0 Å². The molecule has 2 nitrogen and oxygen atoms in total. The molecule has 0 saturated heterocycles. The van der Waals surface area contributed by atoms with Gasteiger partial charge in [0.1, 0.15) is 0 Å². The average molecular weight is 346 g/mol. The van der Waals surface area contributed by atoms with Gasteiger partial charge in [0.2, 0.25) is 5.91 Å². The number of amides is 1. The van der Waals surface area contributed by atoms with Crippen molar-refractivity contribution in [3.05, 3.63) is 20.8 Å². The first-order valence-electron chi connectivity index (χ1n) is 6.64. The molecular formula is C15H24BrNOS. The minimum absolute atomic E-state index is 0.237. The highest BCUT2D eigenvalue weighted by Gasteiger charge is 2.19. The molecule has 0 spiro atoms. The average Bonchev–Trinajstić information content (AvgIpc) is 2.60. The van der Waals surface area contributed by atoms with E-state index in [1.165, 1.54) is 4.88 Å². The SMILES string of the molecule is CC(CC(=O)N(C)Cc1cc(Br)cs1)CC(C)(C)C. The highest BCUT2D eigenvalue weighted by atomic mass is 79.9. The van der Waals surface area contributed by atoms with Crippen LogP contribution in [0.5, 0.6) is 0 Å². The van der Waals surface area contributed by atoms with Crippen LogP contribution < -0.4 is 0 Å². The second kappa shape index (κ2) is 6.89. The van der Waals surface area contributed by atoms with Crippen molar-refractivity contribution in [3.8, 4) is 0 Å².